The highest BCUT2D eigenvalue weighted by molar-refractivity contribution is 6.10. The Morgan fingerprint density at radius 1 is 1.23 bits per heavy atom. The number of nitrogens with zero attached hydrogens (tertiary/aromatic N) is 3. The smallest absolute Gasteiger partial charge is 0.260 e. The van der Waals surface area contributed by atoms with Gasteiger partial charge in [0.15, 0.2) is 0 Å². The summed E-state index contributed by atoms with van der Waals surface area (Å²) in [5.74, 6) is 0.896. The standard InChI is InChI=1S/C27H31N7O/c1-27(2)12-9-19(10-13-27)18-5-7-20(8-6-18)23-15-21(22(28)11-14-29-16-17-3-4-17)24(26(35)30-23)25-31-33-34-32-25/h5-9,11,14-15,17,28-29H,3-4,10,12-13,16H2,1-2H3,(H,30,35)(H,31,32,33,34)/b14-11-,28-22?. The minimum atomic E-state index is -0.357. The molecule has 0 saturated heterocycles. The van der Waals surface area contributed by atoms with E-state index in [1.165, 1.54) is 30.4 Å². The molecule has 8 heteroatoms. The van der Waals surface area contributed by atoms with Crippen molar-refractivity contribution < 1.29 is 0 Å². The fourth-order valence-corrected chi connectivity index (χ4v) is 4.41. The molecule has 0 radical (unpaired) electrons. The first kappa shape index (κ1) is 23.0. The summed E-state index contributed by atoms with van der Waals surface area (Å²) in [7, 11) is 0. The summed E-state index contributed by atoms with van der Waals surface area (Å²) in [5, 5.41) is 25.9. The van der Waals surface area contributed by atoms with Crippen LogP contribution in [0.3, 0.4) is 0 Å². The third-order valence-corrected chi connectivity index (χ3v) is 6.90. The Morgan fingerprint density at radius 2 is 2.00 bits per heavy atom. The van der Waals surface area contributed by atoms with Gasteiger partial charge in [0.2, 0.25) is 5.82 Å². The van der Waals surface area contributed by atoms with Crippen LogP contribution in [0.15, 0.2) is 53.5 Å². The van der Waals surface area contributed by atoms with Crippen LogP contribution in [0.5, 0.6) is 0 Å². The Labute approximate surface area is 204 Å². The van der Waals surface area contributed by atoms with E-state index in [9.17, 15) is 4.79 Å². The Balaban J connectivity index is 1.45. The van der Waals surface area contributed by atoms with Crippen LogP contribution in [0, 0.1) is 16.7 Å². The number of hydrogen-bond donors (Lipinski definition) is 4. The minimum absolute atomic E-state index is 0.166. The van der Waals surface area contributed by atoms with E-state index in [4.69, 9.17) is 5.41 Å². The van der Waals surface area contributed by atoms with Crippen LogP contribution in [0.2, 0.25) is 0 Å². The number of H-pyrrole nitrogens is 2. The first-order valence-electron chi connectivity index (χ1n) is 12.2. The predicted octanol–water partition coefficient (Wildman–Crippen LogP) is 4.70. The molecule has 1 aromatic carbocycles. The maximum absolute atomic E-state index is 13.1. The normalized spacial score (nSPS) is 17.4. The van der Waals surface area contributed by atoms with Crippen molar-refractivity contribution in [3.8, 4) is 22.6 Å². The van der Waals surface area contributed by atoms with Gasteiger partial charge in [-0.15, -0.1) is 10.2 Å². The summed E-state index contributed by atoms with van der Waals surface area (Å²) in [4.78, 5) is 16.1. The van der Waals surface area contributed by atoms with Gasteiger partial charge in [-0.2, -0.15) is 5.21 Å². The van der Waals surface area contributed by atoms with Crippen molar-refractivity contribution in [3.05, 3.63) is 70.2 Å². The van der Waals surface area contributed by atoms with Crippen molar-refractivity contribution >= 4 is 11.3 Å². The third-order valence-electron chi connectivity index (χ3n) is 6.90. The first-order chi connectivity index (χ1) is 16.9. The predicted molar refractivity (Wildman–Crippen MR) is 138 cm³/mol. The molecule has 180 valence electrons. The van der Waals surface area contributed by atoms with Crippen LogP contribution in [-0.4, -0.2) is 37.9 Å². The molecule has 8 nitrogen and oxygen atoms in total. The molecule has 2 aliphatic carbocycles. The van der Waals surface area contributed by atoms with E-state index in [1.807, 2.05) is 18.2 Å². The molecular weight excluding hydrogens is 438 g/mol. The molecule has 0 amide bonds. The molecule has 1 fully saturated rings. The van der Waals surface area contributed by atoms with Gasteiger partial charge in [0, 0.05) is 17.8 Å². The van der Waals surface area contributed by atoms with Crippen LogP contribution in [-0.2, 0) is 0 Å². The van der Waals surface area contributed by atoms with Gasteiger partial charge in [-0.3, -0.25) is 4.79 Å². The second-order valence-electron chi connectivity index (χ2n) is 10.3. The van der Waals surface area contributed by atoms with Crippen molar-refractivity contribution in [1.82, 2.24) is 30.9 Å². The zero-order valence-corrected chi connectivity index (χ0v) is 20.2. The maximum atomic E-state index is 13.1. The van der Waals surface area contributed by atoms with Gasteiger partial charge in [0.05, 0.1) is 11.3 Å². The van der Waals surface area contributed by atoms with Gasteiger partial charge in [0.1, 0.15) is 0 Å². The topological polar surface area (TPSA) is 123 Å². The molecule has 0 atom stereocenters. The zero-order valence-electron chi connectivity index (χ0n) is 20.2. The molecule has 1 saturated carbocycles. The molecule has 0 bridgehead atoms. The molecule has 2 aliphatic rings. The van der Waals surface area contributed by atoms with Crippen LogP contribution in [0.25, 0.3) is 28.2 Å². The molecule has 2 aromatic heterocycles. The van der Waals surface area contributed by atoms with Crippen LogP contribution in [0.4, 0.5) is 0 Å². The van der Waals surface area contributed by atoms with Crippen LogP contribution >= 0.6 is 0 Å². The number of pyridine rings is 1. The number of hydrogen-bond acceptors (Lipinski definition) is 6. The Hall–Kier alpha value is -3.81. The first-order valence-corrected chi connectivity index (χ1v) is 12.2. The molecular formula is C27H31N7O. The molecule has 4 N–H and O–H groups in total. The number of aromatic amines is 2. The summed E-state index contributed by atoms with van der Waals surface area (Å²) in [6, 6.07) is 10.1. The van der Waals surface area contributed by atoms with E-state index in [2.05, 4.69) is 63.0 Å². The minimum Gasteiger partial charge on any atom is -0.391 e. The average Bonchev–Trinajstić information content (AvgIpc) is 3.52. The highest BCUT2D eigenvalue weighted by Gasteiger charge is 2.23. The lowest BCUT2D eigenvalue weighted by molar-refractivity contribution is 0.335. The van der Waals surface area contributed by atoms with Gasteiger partial charge in [-0.1, -0.05) is 44.2 Å². The van der Waals surface area contributed by atoms with E-state index in [1.54, 1.807) is 12.3 Å². The number of tetrazole rings is 1. The highest BCUT2D eigenvalue weighted by atomic mass is 16.1. The lowest BCUT2D eigenvalue weighted by Gasteiger charge is -2.28. The molecule has 5 rings (SSSR count). The SMILES string of the molecule is CC1(C)CC=C(c2ccc(-c3cc(C(=N)/C=C\NCC4CC4)c(-c4nn[nH]n4)c(=O)[nH]3)cc2)CC1. The average molecular weight is 470 g/mol. The largest absolute Gasteiger partial charge is 0.391 e. The summed E-state index contributed by atoms with van der Waals surface area (Å²) in [6.45, 7) is 5.53. The zero-order chi connectivity index (χ0) is 24.4. The lowest BCUT2D eigenvalue weighted by Crippen LogP contribution is -2.17. The maximum Gasteiger partial charge on any atom is 0.260 e. The number of aromatic nitrogens is 5. The molecule has 3 aromatic rings. The summed E-state index contributed by atoms with van der Waals surface area (Å²) < 4.78 is 0. The number of benzene rings is 1. The second-order valence-corrected chi connectivity index (χ2v) is 10.3. The van der Waals surface area contributed by atoms with Crippen molar-refractivity contribution in [2.45, 2.75) is 46.0 Å². The number of nitrogens with one attached hydrogen (secondary N) is 4. The van der Waals surface area contributed by atoms with Crippen molar-refractivity contribution in [2.75, 3.05) is 6.54 Å². The van der Waals surface area contributed by atoms with E-state index >= 15 is 0 Å². The number of allylic oxidation sites excluding steroid dienone is 3. The van der Waals surface area contributed by atoms with Crippen molar-refractivity contribution in [1.29, 1.82) is 5.41 Å². The van der Waals surface area contributed by atoms with Crippen LogP contribution in [0.1, 0.15) is 57.1 Å². The van der Waals surface area contributed by atoms with Gasteiger partial charge in [-0.25, -0.2) is 0 Å². The molecule has 0 aliphatic heterocycles. The third kappa shape index (κ3) is 5.31. The summed E-state index contributed by atoms with van der Waals surface area (Å²) >= 11 is 0. The van der Waals surface area contributed by atoms with E-state index in [0.29, 0.717) is 16.7 Å². The number of rotatable bonds is 8. The molecule has 0 unspecified atom stereocenters. The Kier molecular flexibility index (Phi) is 6.19. The van der Waals surface area contributed by atoms with E-state index in [0.717, 1.165) is 30.9 Å². The second kappa shape index (κ2) is 9.44. The van der Waals surface area contributed by atoms with Gasteiger partial charge in [0.25, 0.3) is 5.56 Å². The Morgan fingerprint density at radius 3 is 2.66 bits per heavy atom. The fraction of sp³-hybridized carbons (Fsp3) is 0.370. The van der Waals surface area contributed by atoms with E-state index in [-0.39, 0.29) is 22.7 Å². The summed E-state index contributed by atoms with van der Waals surface area (Å²) in [5.41, 5.74) is 5.01. The highest BCUT2D eigenvalue weighted by Crippen LogP contribution is 2.38. The van der Waals surface area contributed by atoms with Gasteiger partial charge >= 0.3 is 0 Å². The lowest BCUT2D eigenvalue weighted by atomic mass is 9.77. The van der Waals surface area contributed by atoms with Gasteiger partial charge in [-0.05, 0) is 83.7 Å². The quantitative estimate of drug-likeness (QED) is 0.356. The van der Waals surface area contributed by atoms with Crippen molar-refractivity contribution in [3.63, 3.8) is 0 Å². The van der Waals surface area contributed by atoms with Crippen LogP contribution < -0.4 is 10.9 Å². The molecule has 35 heavy (non-hydrogen) atoms. The van der Waals surface area contributed by atoms with Crippen molar-refractivity contribution in [2.24, 2.45) is 11.3 Å². The molecule has 0 spiro atoms. The fourth-order valence-electron chi connectivity index (χ4n) is 4.41. The molecule has 2 heterocycles. The monoisotopic (exact) mass is 469 g/mol. The summed E-state index contributed by atoms with van der Waals surface area (Å²) in [6.07, 6.45) is 11.6. The van der Waals surface area contributed by atoms with E-state index < -0.39 is 0 Å². The van der Waals surface area contributed by atoms with Gasteiger partial charge < -0.3 is 15.7 Å². The Bertz CT molecular complexity index is 1330.